The molecule has 0 amide bonds. The molecule has 0 saturated heterocycles. The molecule has 1 heterocycles. The zero-order valence-corrected chi connectivity index (χ0v) is 17.1. The highest BCUT2D eigenvalue weighted by molar-refractivity contribution is 7.89. The number of hydrogen-bond donors (Lipinski definition) is 1. The zero-order valence-electron chi connectivity index (χ0n) is 15.5. The summed E-state index contributed by atoms with van der Waals surface area (Å²) >= 11 is 1.43. The molecule has 0 saturated carbocycles. The molecule has 0 radical (unpaired) electrons. The van der Waals surface area contributed by atoms with Gasteiger partial charge in [-0.2, -0.15) is 5.10 Å². The standard InChI is InChI=1S/C20H20N4O2S2/c1-24(2)28(25,26)18-12-10-17(11-13-18)19-15-27-20(22-19)23-21-14-6-9-16-7-4-3-5-8-16/h3-15H,1-2H3,(H,22,23)/b9-6+,21-14+. The summed E-state index contributed by atoms with van der Waals surface area (Å²) in [6.45, 7) is 0. The highest BCUT2D eigenvalue weighted by Gasteiger charge is 2.17. The fourth-order valence-corrected chi connectivity index (χ4v) is 3.89. The van der Waals surface area contributed by atoms with E-state index in [1.807, 2.05) is 47.9 Å². The molecular formula is C20H20N4O2S2. The van der Waals surface area contributed by atoms with Gasteiger partial charge in [-0.1, -0.05) is 48.5 Å². The summed E-state index contributed by atoms with van der Waals surface area (Å²) in [6, 6.07) is 16.6. The van der Waals surface area contributed by atoms with E-state index in [-0.39, 0.29) is 4.90 Å². The number of hydrazone groups is 1. The quantitative estimate of drug-likeness (QED) is 0.467. The van der Waals surface area contributed by atoms with Crippen molar-refractivity contribution >= 4 is 38.8 Å². The van der Waals surface area contributed by atoms with E-state index in [1.54, 1.807) is 30.5 Å². The van der Waals surface area contributed by atoms with Gasteiger partial charge in [-0.25, -0.2) is 17.7 Å². The van der Waals surface area contributed by atoms with Crippen LogP contribution in [0, 0.1) is 0 Å². The van der Waals surface area contributed by atoms with Gasteiger partial charge in [0, 0.05) is 31.3 Å². The van der Waals surface area contributed by atoms with Gasteiger partial charge in [-0.15, -0.1) is 11.3 Å². The Morgan fingerprint density at radius 1 is 1.07 bits per heavy atom. The maximum atomic E-state index is 12.1. The number of allylic oxidation sites excluding steroid dienone is 1. The van der Waals surface area contributed by atoms with Crippen LogP contribution >= 0.6 is 11.3 Å². The lowest BCUT2D eigenvalue weighted by Gasteiger charge is -2.11. The Bertz CT molecular complexity index is 1070. The third kappa shape index (κ3) is 4.92. The number of nitrogens with zero attached hydrogens (tertiary/aromatic N) is 3. The number of aromatic nitrogens is 1. The number of hydrogen-bond acceptors (Lipinski definition) is 6. The Morgan fingerprint density at radius 2 is 1.79 bits per heavy atom. The van der Waals surface area contributed by atoms with Crippen LogP contribution < -0.4 is 5.43 Å². The molecule has 2 aromatic carbocycles. The van der Waals surface area contributed by atoms with Crippen molar-refractivity contribution in [2.24, 2.45) is 5.10 Å². The average Bonchev–Trinajstić information content (AvgIpc) is 3.17. The van der Waals surface area contributed by atoms with Gasteiger partial charge >= 0.3 is 0 Å². The first kappa shape index (κ1) is 19.9. The van der Waals surface area contributed by atoms with Crippen LogP contribution in [0.4, 0.5) is 5.13 Å². The molecule has 0 aliphatic carbocycles. The van der Waals surface area contributed by atoms with Gasteiger partial charge in [0.2, 0.25) is 15.2 Å². The molecule has 1 N–H and O–H groups in total. The number of thiazole rings is 1. The number of sulfonamides is 1. The molecule has 6 nitrogen and oxygen atoms in total. The maximum Gasteiger partial charge on any atom is 0.242 e. The minimum atomic E-state index is -3.43. The van der Waals surface area contributed by atoms with Crippen LogP contribution in [-0.4, -0.2) is 38.0 Å². The summed E-state index contributed by atoms with van der Waals surface area (Å²) in [5, 5.41) is 6.68. The molecule has 0 fully saturated rings. The summed E-state index contributed by atoms with van der Waals surface area (Å²) in [5.74, 6) is 0. The van der Waals surface area contributed by atoms with E-state index < -0.39 is 10.0 Å². The van der Waals surface area contributed by atoms with Gasteiger partial charge in [0.15, 0.2) is 0 Å². The second-order valence-electron chi connectivity index (χ2n) is 6.01. The first-order valence-electron chi connectivity index (χ1n) is 8.46. The Kier molecular flexibility index (Phi) is 6.35. The highest BCUT2D eigenvalue weighted by Crippen LogP contribution is 2.26. The Balaban J connectivity index is 1.62. The second-order valence-corrected chi connectivity index (χ2v) is 9.02. The SMILES string of the molecule is CN(C)S(=O)(=O)c1ccc(-c2csc(N/N=C/C=C/c3ccccc3)n2)cc1. The molecule has 0 atom stereocenters. The van der Waals surface area contributed by atoms with Gasteiger partial charge in [-0.05, 0) is 23.8 Å². The van der Waals surface area contributed by atoms with Gasteiger partial charge < -0.3 is 0 Å². The molecule has 3 aromatic rings. The third-order valence-corrected chi connectivity index (χ3v) is 6.42. The first-order chi connectivity index (χ1) is 13.5. The predicted molar refractivity (Wildman–Crippen MR) is 116 cm³/mol. The van der Waals surface area contributed by atoms with Gasteiger partial charge in [0.05, 0.1) is 10.6 Å². The summed E-state index contributed by atoms with van der Waals surface area (Å²) in [5.41, 5.74) is 5.60. The van der Waals surface area contributed by atoms with E-state index in [0.29, 0.717) is 5.13 Å². The minimum Gasteiger partial charge on any atom is -0.253 e. The van der Waals surface area contributed by atoms with E-state index in [4.69, 9.17) is 0 Å². The van der Waals surface area contributed by atoms with Crippen LogP contribution in [0.1, 0.15) is 5.56 Å². The first-order valence-corrected chi connectivity index (χ1v) is 10.8. The van der Waals surface area contributed by atoms with Crippen molar-refractivity contribution in [3.8, 4) is 11.3 Å². The maximum absolute atomic E-state index is 12.1. The van der Waals surface area contributed by atoms with E-state index in [1.165, 1.54) is 29.7 Å². The second kappa shape index (κ2) is 8.92. The van der Waals surface area contributed by atoms with Crippen molar-refractivity contribution < 1.29 is 8.42 Å². The Hall–Kier alpha value is -2.81. The van der Waals surface area contributed by atoms with Gasteiger partial charge in [0.1, 0.15) is 0 Å². The van der Waals surface area contributed by atoms with Crippen molar-refractivity contribution in [3.63, 3.8) is 0 Å². The summed E-state index contributed by atoms with van der Waals surface area (Å²) in [4.78, 5) is 4.73. The number of nitrogens with one attached hydrogen (secondary N) is 1. The lowest BCUT2D eigenvalue weighted by Crippen LogP contribution is -2.22. The topological polar surface area (TPSA) is 74.7 Å². The molecule has 144 valence electrons. The van der Waals surface area contributed by atoms with Gasteiger partial charge in [-0.3, -0.25) is 5.43 Å². The van der Waals surface area contributed by atoms with Crippen LogP contribution in [0.15, 0.2) is 76.1 Å². The predicted octanol–water partition coefficient (Wildman–Crippen LogP) is 4.17. The molecule has 0 spiro atoms. The molecule has 0 aliphatic heterocycles. The van der Waals surface area contributed by atoms with Crippen LogP contribution in [0.25, 0.3) is 17.3 Å². The van der Waals surface area contributed by atoms with Crippen LogP contribution in [-0.2, 0) is 10.0 Å². The van der Waals surface area contributed by atoms with Crippen LogP contribution in [0.3, 0.4) is 0 Å². The van der Waals surface area contributed by atoms with Crippen molar-refractivity contribution in [2.45, 2.75) is 4.90 Å². The zero-order chi connectivity index (χ0) is 20.0. The monoisotopic (exact) mass is 412 g/mol. The van der Waals surface area contributed by atoms with Crippen molar-refractivity contribution in [1.82, 2.24) is 9.29 Å². The van der Waals surface area contributed by atoms with Gasteiger partial charge in [0.25, 0.3) is 0 Å². The number of rotatable bonds is 7. The van der Waals surface area contributed by atoms with E-state index in [9.17, 15) is 8.42 Å². The lowest BCUT2D eigenvalue weighted by molar-refractivity contribution is 0.521. The average molecular weight is 413 g/mol. The Morgan fingerprint density at radius 3 is 2.46 bits per heavy atom. The lowest BCUT2D eigenvalue weighted by atomic mass is 10.2. The fourth-order valence-electron chi connectivity index (χ4n) is 2.32. The molecule has 3 rings (SSSR count). The van der Waals surface area contributed by atoms with E-state index in [2.05, 4.69) is 15.5 Å². The number of anilines is 1. The summed E-state index contributed by atoms with van der Waals surface area (Å²) in [7, 11) is -0.408. The van der Waals surface area contributed by atoms with Crippen LogP contribution in [0.5, 0.6) is 0 Å². The molecule has 0 aliphatic rings. The molecule has 8 heteroatoms. The Labute approximate surface area is 168 Å². The molecule has 28 heavy (non-hydrogen) atoms. The smallest absolute Gasteiger partial charge is 0.242 e. The fraction of sp³-hybridized carbons (Fsp3) is 0.100. The van der Waals surface area contributed by atoms with Crippen LogP contribution in [0.2, 0.25) is 0 Å². The summed E-state index contributed by atoms with van der Waals surface area (Å²) < 4.78 is 25.4. The minimum absolute atomic E-state index is 0.254. The van der Waals surface area contributed by atoms with Crippen molar-refractivity contribution in [2.75, 3.05) is 19.5 Å². The molecule has 0 bridgehead atoms. The van der Waals surface area contributed by atoms with Crippen molar-refractivity contribution in [1.29, 1.82) is 0 Å². The van der Waals surface area contributed by atoms with Crippen molar-refractivity contribution in [3.05, 3.63) is 71.6 Å². The third-order valence-electron chi connectivity index (χ3n) is 3.84. The largest absolute Gasteiger partial charge is 0.253 e. The van der Waals surface area contributed by atoms with E-state index in [0.717, 1.165) is 16.8 Å². The molecular weight excluding hydrogens is 392 g/mol. The van der Waals surface area contributed by atoms with E-state index >= 15 is 0 Å². The highest BCUT2D eigenvalue weighted by atomic mass is 32.2. The molecule has 0 unspecified atom stereocenters. The summed E-state index contributed by atoms with van der Waals surface area (Å²) in [6.07, 6.45) is 5.47. The molecule has 1 aromatic heterocycles. The normalized spacial score (nSPS) is 12.2. The number of benzene rings is 2.